The van der Waals surface area contributed by atoms with E-state index in [4.69, 9.17) is 0 Å². The first-order valence-electron chi connectivity index (χ1n) is 9.36. The molecule has 1 fully saturated rings. The Balaban J connectivity index is 1.47. The summed E-state index contributed by atoms with van der Waals surface area (Å²) < 4.78 is 26.4. The molecule has 1 saturated heterocycles. The van der Waals surface area contributed by atoms with Gasteiger partial charge in [0.05, 0.1) is 5.69 Å². The van der Waals surface area contributed by atoms with E-state index in [0.717, 1.165) is 30.7 Å². The van der Waals surface area contributed by atoms with E-state index >= 15 is 0 Å². The van der Waals surface area contributed by atoms with Gasteiger partial charge in [0, 0.05) is 44.0 Å². The molecule has 28 heavy (non-hydrogen) atoms. The molecule has 1 aliphatic heterocycles. The van der Waals surface area contributed by atoms with Gasteiger partial charge in [-0.05, 0) is 38.3 Å². The van der Waals surface area contributed by atoms with Crippen molar-refractivity contribution in [2.75, 3.05) is 41.7 Å². The number of nitrogens with one attached hydrogen (secondary N) is 3. The molecule has 1 aliphatic rings. The summed E-state index contributed by atoms with van der Waals surface area (Å²) >= 11 is 0. The highest BCUT2D eigenvalue weighted by Crippen LogP contribution is 2.19. The number of amides is 2. The SMILES string of the molecule is Cc1cc(N2CCCCC2)nc(NCCNC(=O)Nc2ccc(F)cc2F)n1. The Morgan fingerprint density at radius 3 is 2.64 bits per heavy atom. The lowest BCUT2D eigenvalue weighted by Crippen LogP contribution is -2.33. The summed E-state index contributed by atoms with van der Waals surface area (Å²) in [6.07, 6.45) is 3.58. The first-order valence-corrected chi connectivity index (χ1v) is 9.36. The summed E-state index contributed by atoms with van der Waals surface area (Å²) in [5, 5.41) is 8.02. The van der Waals surface area contributed by atoms with Crippen molar-refractivity contribution in [3.05, 3.63) is 41.6 Å². The number of benzene rings is 1. The highest BCUT2D eigenvalue weighted by molar-refractivity contribution is 5.89. The van der Waals surface area contributed by atoms with Crippen LogP contribution in [0.3, 0.4) is 0 Å². The number of carbonyl (C=O) groups is 1. The number of nitrogens with zero attached hydrogens (tertiary/aromatic N) is 3. The maximum Gasteiger partial charge on any atom is 0.319 e. The molecule has 9 heteroatoms. The molecule has 2 amide bonds. The van der Waals surface area contributed by atoms with Crippen molar-refractivity contribution in [1.82, 2.24) is 15.3 Å². The quantitative estimate of drug-likeness (QED) is 0.660. The van der Waals surface area contributed by atoms with Crippen molar-refractivity contribution in [1.29, 1.82) is 0 Å². The van der Waals surface area contributed by atoms with Crippen molar-refractivity contribution in [3.63, 3.8) is 0 Å². The smallest absolute Gasteiger partial charge is 0.319 e. The Morgan fingerprint density at radius 1 is 1.11 bits per heavy atom. The Kier molecular flexibility index (Phi) is 6.57. The van der Waals surface area contributed by atoms with Crippen LogP contribution < -0.4 is 20.9 Å². The van der Waals surface area contributed by atoms with Crippen LogP contribution in [0.2, 0.25) is 0 Å². The molecule has 7 nitrogen and oxygen atoms in total. The van der Waals surface area contributed by atoms with Gasteiger partial charge >= 0.3 is 6.03 Å². The first kappa shape index (κ1) is 19.8. The van der Waals surface area contributed by atoms with Gasteiger partial charge in [0.2, 0.25) is 5.95 Å². The van der Waals surface area contributed by atoms with E-state index in [1.807, 2.05) is 13.0 Å². The van der Waals surface area contributed by atoms with Crippen molar-refractivity contribution in [2.24, 2.45) is 0 Å². The molecule has 0 aliphatic carbocycles. The summed E-state index contributed by atoms with van der Waals surface area (Å²) in [5.74, 6) is -0.110. The van der Waals surface area contributed by atoms with Crippen LogP contribution >= 0.6 is 0 Å². The molecule has 0 spiro atoms. The van der Waals surface area contributed by atoms with E-state index in [1.54, 1.807) is 0 Å². The zero-order valence-corrected chi connectivity index (χ0v) is 15.8. The Labute approximate surface area is 162 Å². The minimum Gasteiger partial charge on any atom is -0.356 e. The highest BCUT2D eigenvalue weighted by Gasteiger charge is 2.14. The summed E-state index contributed by atoms with van der Waals surface area (Å²) in [6.45, 7) is 4.60. The molecule has 0 radical (unpaired) electrons. The molecule has 1 aromatic carbocycles. The van der Waals surface area contributed by atoms with Gasteiger partial charge in [-0.25, -0.2) is 18.6 Å². The van der Waals surface area contributed by atoms with E-state index in [9.17, 15) is 13.6 Å². The molecular formula is C19H24F2N6O. The van der Waals surface area contributed by atoms with Gasteiger partial charge in [-0.3, -0.25) is 0 Å². The molecule has 0 saturated carbocycles. The number of anilines is 3. The molecule has 0 atom stereocenters. The molecule has 0 unspecified atom stereocenters. The van der Waals surface area contributed by atoms with Crippen molar-refractivity contribution < 1.29 is 13.6 Å². The number of carbonyl (C=O) groups excluding carboxylic acids is 1. The van der Waals surface area contributed by atoms with E-state index in [0.29, 0.717) is 18.6 Å². The summed E-state index contributed by atoms with van der Waals surface area (Å²) in [5.41, 5.74) is 0.788. The first-order chi connectivity index (χ1) is 13.5. The number of piperidine rings is 1. The van der Waals surface area contributed by atoms with Crippen LogP contribution in [0.15, 0.2) is 24.3 Å². The second kappa shape index (κ2) is 9.29. The van der Waals surface area contributed by atoms with Crippen LogP contribution in [0, 0.1) is 18.6 Å². The monoisotopic (exact) mass is 390 g/mol. The maximum absolute atomic E-state index is 13.5. The van der Waals surface area contributed by atoms with Gasteiger partial charge in [0.1, 0.15) is 17.5 Å². The topological polar surface area (TPSA) is 82.2 Å². The number of aromatic nitrogens is 2. The van der Waals surface area contributed by atoms with Gasteiger partial charge in [-0.15, -0.1) is 0 Å². The molecule has 1 aromatic heterocycles. The van der Waals surface area contributed by atoms with E-state index < -0.39 is 17.7 Å². The molecule has 2 aromatic rings. The van der Waals surface area contributed by atoms with Crippen molar-refractivity contribution >= 4 is 23.5 Å². The van der Waals surface area contributed by atoms with Crippen molar-refractivity contribution in [3.8, 4) is 0 Å². The van der Waals surface area contributed by atoms with Gasteiger partial charge < -0.3 is 20.9 Å². The number of urea groups is 1. The largest absolute Gasteiger partial charge is 0.356 e. The van der Waals surface area contributed by atoms with E-state index in [-0.39, 0.29) is 12.2 Å². The Morgan fingerprint density at radius 2 is 1.89 bits per heavy atom. The third kappa shape index (κ3) is 5.51. The molecule has 3 N–H and O–H groups in total. The fraction of sp³-hybridized carbons (Fsp3) is 0.421. The van der Waals surface area contributed by atoms with Crippen LogP contribution in [0.25, 0.3) is 0 Å². The van der Waals surface area contributed by atoms with Crippen LogP contribution in [0.5, 0.6) is 0 Å². The number of rotatable bonds is 6. The second-order valence-corrected chi connectivity index (χ2v) is 6.67. The third-order valence-electron chi connectivity index (χ3n) is 4.39. The summed E-state index contributed by atoms with van der Waals surface area (Å²) in [4.78, 5) is 23.0. The number of hydrogen-bond acceptors (Lipinski definition) is 5. The predicted octanol–water partition coefficient (Wildman–Crippen LogP) is 3.29. The average Bonchev–Trinajstić information content (AvgIpc) is 2.68. The lowest BCUT2D eigenvalue weighted by molar-refractivity contribution is 0.252. The maximum atomic E-state index is 13.5. The van der Waals surface area contributed by atoms with E-state index in [2.05, 4.69) is 30.8 Å². The number of aryl methyl sites for hydroxylation is 1. The van der Waals surface area contributed by atoms with Gasteiger partial charge in [0.25, 0.3) is 0 Å². The number of halogens is 2. The van der Waals surface area contributed by atoms with Crippen LogP contribution in [-0.4, -0.2) is 42.2 Å². The van der Waals surface area contributed by atoms with Crippen LogP contribution in [0.4, 0.5) is 31.0 Å². The fourth-order valence-electron chi connectivity index (χ4n) is 3.02. The second-order valence-electron chi connectivity index (χ2n) is 6.67. The lowest BCUT2D eigenvalue weighted by Gasteiger charge is -2.28. The summed E-state index contributed by atoms with van der Waals surface area (Å²) in [7, 11) is 0. The van der Waals surface area contributed by atoms with Crippen LogP contribution in [0.1, 0.15) is 25.0 Å². The third-order valence-corrected chi connectivity index (χ3v) is 4.39. The fourth-order valence-corrected chi connectivity index (χ4v) is 3.02. The molecule has 2 heterocycles. The molecule has 150 valence electrons. The number of hydrogen-bond donors (Lipinski definition) is 3. The van der Waals surface area contributed by atoms with Gasteiger partial charge in [-0.2, -0.15) is 4.98 Å². The summed E-state index contributed by atoms with van der Waals surface area (Å²) in [6, 6.07) is 4.36. The predicted molar refractivity (Wildman–Crippen MR) is 105 cm³/mol. The normalized spacial score (nSPS) is 13.9. The van der Waals surface area contributed by atoms with Gasteiger partial charge in [0.15, 0.2) is 0 Å². The lowest BCUT2D eigenvalue weighted by atomic mass is 10.1. The molecular weight excluding hydrogens is 366 g/mol. The minimum atomic E-state index is -0.827. The van der Waals surface area contributed by atoms with E-state index in [1.165, 1.54) is 25.3 Å². The van der Waals surface area contributed by atoms with Crippen LogP contribution in [-0.2, 0) is 0 Å². The zero-order valence-electron chi connectivity index (χ0n) is 15.8. The average molecular weight is 390 g/mol. The minimum absolute atomic E-state index is 0.0833. The van der Waals surface area contributed by atoms with Crippen molar-refractivity contribution in [2.45, 2.75) is 26.2 Å². The molecule has 3 rings (SSSR count). The Hall–Kier alpha value is -2.97. The van der Waals surface area contributed by atoms with Gasteiger partial charge in [-0.1, -0.05) is 0 Å². The Bertz CT molecular complexity index is 826. The zero-order chi connectivity index (χ0) is 19.9. The standard InChI is InChI=1S/C19H24F2N6O/c1-13-11-17(27-9-3-2-4-10-27)26-18(24-13)22-7-8-23-19(28)25-16-6-5-14(20)12-15(16)21/h5-6,11-12H,2-4,7-10H2,1H3,(H,22,24,26)(H2,23,25,28). The molecule has 0 bridgehead atoms. The highest BCUT2D eigenvalue weighted by atomic mass is 19.1.